The number of nitrogens with one attached hydrogen (secondary N) is 1. The Balaban J connectivity index is 1.72. The first-order valence-corrected chi connectivity index (χ1v) is 10.5. The molecule has 2 heterocycles. The Hall–Kier alpha value is -2.69. The molecule has 7 nitrogen and oxygen atoms in total. The largest absolute Gasteiger partial charge is 0.320 e. The molecule has 11 heteroatoms. The summed E-state index contributed by atoms with van der Waals surface area (Å²) in [7, 11) is 0. The maximum atomic E-state index is 12.9. The lowest BCUT2D eigenvalue weighted by Crippen LogP contribution is -2.27. The summed E-state index contributed by atoms with van der Waals surface area (Å²) in [6, 6.07) is 5.38. The minimum atomic E-state index is -0.471. The first-order valence-electron chi connectivity index (χ1n) is 8.39. The average molecular weight is 452 g/mol. The third-order valence-electron chi connectivity index (χ3n) is 3.64. The molecule has 1 aromatic carbocycles. The van der Waals surface area contributed by atoms with Gasteiger partial charge in [0.1, 0.15) is 5.82 Å². The highest BCUT2D eigenvalue weighted by Crippen LogP contribution is 2.28. The molecule has 1 N–H and O–H groups in total. The van der Waals surface area contributed by atoms with Gasteiger partial charge in [0, 0.05) is 24.5 Å². The van der Waals surface area contributed by atoms with E-state index in [1.807, 2.05) is 6.92 Å². The second-order valence-electron chi connectivity index (χ2n) is 5.68. The molecule has 0 bridgehead atoms. The quantitative estimate of drug-likeness (QED) is 0.596. The van der Waals surface area contributed by atoms with E-state index in [1.54, 1.807) is 16.4 Å². The number of carbonyl (C=O) groups is 2. The third-order valence-corrected chi connectivity index (χ3v) is 5.87. The van der Waals surface area contributed by atoms with Gasteiger partial charge in [-0.05, 0) is 37.3 Å². The Labute approximate surface area is 178 Å². The van der Waals surface area contributed by atoms with Gasteiger partial charge in [0.15, 0.2) is 10.1 Å². The molecule has 0 fully saturated rings. The van der Waals surface area contributed by atoms with Crippen molar-refractivity contribution >= 4 is 68.0 Å². The molecule has 0 aliphatic rings. The van der Waals surface area contributed by atoms with Crippen LogP contribution in [0.3, 0.4) is 0 Å². The second-order valence-corrected chi connectivity index (χ2v) is 7.91. The first kappa shape index (κ1) is 21.0. The van der Waals surface area contributed by atoms with Crippen molar-refractivity contribution in [2.75, 3.05) is 16.8 Å². The van der Waals surface area contributed by atoms with E-state index in [-0.39, 0.29) is 15.9 Å². The summed E-state index contributed by atoms with van der Waals surface area (Å²) >= 11 is 8.64. The molecule has 0 radical (unpaired) electrons. The molecule has 0 saturated carbocycles. The number of amides is 2. The number of halogens is 2. The fraction of sp³-hybridized carbons (Fsp3) is 0.167. The van der Waals surface area contributed by atoms with Crippen LogP contribution in [0.25, 0.3) is 11.1 Å². The van der Waals surface area contributed by atoms with Crippen LogP contribution >= 0.6 is 34.3 Å². The summed E-state index contributed by atoms with van der Waals surface area (Å²) in [5, 5.41) is 13.5. The molecule has 0 unspecified atom stereocenters. The Bertz CT molecular complexity index is 1060. The summed E-state index contributed by atoms with van der Waals surface area (Å²) in [5.74, 6) is -0.959. The molecule has 0 aliphatic carbocycles. The van der Waals surface area contributed by atoms with Gasteiger partial charge in [-0.3, -0.25) is 14.5 Å². The number of anilines is 2. The first-order chi connectivity index (χ1) is 13.9. The van der Waals surface area contributed by atoms with Crippen LogP contribution in [0.1, 0.15) is 34.4 Å². The lowest BCUT2D eigenvalue weighted by molar-refractivity contribution is -0.116. The number of thiazole rings is 1. The van der Waals surface area contributed by atoms with Gasteiger partial charge in [-0.25, -0.2) is 9.37 Å². The maximum Gasteiger partial charge on any atom is 0.286 e. The molecular weight excluding hydrogens is 437 g/mol. The Morgan fingerprint density at radius 3 is 2.59 bits per heavy atom. The molecule has 0 atom stereocenters. The van der Waals surface area contributed by atoms with Gasteiger partial charge in [-0.15, -0.1) is 21.5 Å². The zero-order chi connectivity index (χ0) is 21.0. The van der Waals surface area contributed by atoms with Crippen molar-refractivity contribution in [3.63, 3.8) is 0 Å². The number of hydrogen-bond donors (Lipinski definition) is 1. The Morgan fingerprint density at radius 1 is 1.24 bits per heavy atom. The summed E-state index contributed by atoms with van der Waals surface area (Å²) in [6.07, 6.45) is 1.59. The number of benzene rings is 1. The van der Waals surface area contributed by atoms with E-state index in [0.717, 1.165) is 11.3 Å². The van der Waals surface area contributed by atoms with Gasteiger partial charge in [0.05, 0.1) is 10.7 Å². The van der Waals surface area contributed by atoms with Crippen molar-refractivity contribution in [1.29, 1.82) is 0 Å². The predicted octanol–water partition coefficient (Wildman–Crippen LogP) is 4.50. The van der Waals surface area contributed by atoms with Crippen molar-refractivity contribution in [2.45, 2.75) is 13.8 Å². The molecule has 2 aromatic heterocycles. The van der Waals surface area contributed by atoms with Crippen LogP contribution in [0.4, 0.5) is 15.2 Å². The number of aromatic nitrogens is 3. The SMILES string of the molecule is CCN(C(C)=O)c1nc(/C=C(\Cl)c2nnc(C(=O)Nc3ccc(F)cc3)s2)cs1. The maximum absolute atomic E-state index is 12.9. The minimum absolute atomic E-state index is 0.0931. The molecule has 29 heavy (non-hydrogen) atoms. The zero-order valence-electron chi connectivity index (χ0n) is 15.3. The fourth-order valence-corrected chi connectivity index (χ4v) is 4.08. The highest BCUT2D eigenvalue weighted by molar-refractivity contribution is 7.15. The lowest BCUT2D eigenvalue weighted by Gasteiger charge is -2.14. The number of rotatable bonds is 6. The summed E-state index contributed by atoms with van der Waals surface area (Å²) in [6.45, 7) is 3.86. The van der Waals surface area contributed by atoms with Crippen LogP contribution in [0.15, 0.2) is 29.6 Å². The number of carbonyl (C=O) groups excluding carboxylic acids is 2. The molecule has 150 valence electrons. The molecule has 3 rings (SSSR count). The molecule has 3 aromatic rings. The number of nitrogens with zero attached hydrogens (tertiary/aromatic N) is 4. The standard InChI is InChI=1S/C18H15ClFN5O2S2/c1-3-25(10(2)26)18-22-13(9-28-18)8-14(19)16-23-24-17(29-16)15(27)21-12-6-4-11(20)5-7-12/h4-9H,3H2,1-2H3,(H,21,27)/b14-8-. The smallest absolute Gasteiger partial charge is 0.286 e. The van der Waals surface area contributed by atoms with Gasteiger partial charge in [-0.2, -0.15) is 0 Å². The molecule has 2 amide bonds. The van der Waals surface area contributed by atoms with E-state index in [1.165, 1.54) is 42.5 Å². The van der Waals surface area contributed by atoms with E-state index in [9.17, 15) is 14.0 Å². The van der Waals surface area contributed by atoms with Crippen molar-refractivity contribution in [1.82, 2.24) is 15.2 Å². The Kier molecular flexibility index (Phi) is 6.68. The van der Waals surface area contributed by atoms with E-state index < -0.39 is 11.7 Å². The molecular formula is C18H15ClFN5O2S2. The average Bonchev–Trinajstić information content (AvgIpc) is 3.34. The second kappa shape index (κ2) is 9.21. The van der Waals surface area contributed by atoms with Crippen LogP contribution < -0.4 is 10.2 Å². The van der Waals surface area contributed by atoms with Gasteiger partial charge in [-0.1, -0.05) is 22.9 Å². The highest BCUT2D eigenvalue weighted by atomic mass is 35.5. The molecule has 0 aliphatic heterocycles. The van der Waals surface area contributed by atoms with E-state index in [0.29, 0.717) is 28.1 Å². The van der Waals surface area contributed by atoms with Crippen molar-refractivity contribution in [2.24, 2.45) is 0 Å². The van der Waals surface area contributed by atoms with Gasteiger partial charge in [0.2, 0.25) is 10.9 Å². The van der Waals surface area contributed by atoms with Crippen LogP contribution in [0.5, 0.6) is 0 Å². The number of hydrogen-bond acceptors (Lipinski definition) is 7. The van der Waals surface area contributed by atoms with Crippen molar-refractivity contribution < 1.29 is 14.0 Å². The van der Waals surface area contributed by atoms with E-state index >= 15 is 0 Å². The van der Waals surface area contributed by atoms with Crippen LogP contribution in [0, 0.1) is 5.82 Å². The van der Waals surface area contributed by atoms with Gasteiger partial charge >= 0.3 is 0 Å². The topological polar surface area (TPSA) is 88.1 Å². The fourth-order valence-electron chi connectivity index (χ4n) is 2.28. The van der Waals surface area contributed by atoms with Crippen LogP contribution in [0.2, 0.25) is 0 Å². The van der Waals surface area contributed by atoms with Crippen molar-refractivity contribution in [3.8, 4) is 0 Å². The van der Waals surface area contributed by atoms with Crippen LogP contribution in [-0.2, 0) is 4.79 Å². The molecule has 0 saturated heterocycles. The summed E-state index contributed by atoms with van der Waals surface area (Å²) in [4.78, 5) is 29.8. The third kappa shape index (κ3) is 5.22. The monoisotopic (exact) mass is 451 g/mol. The summed E-state index contributed by atoms with van der Waals surface area (Å²) in [5.41, 5.74) is 1.01. The van der Waals surface area contributed by atoms with E-state index in [2.05, 4.69) is 20.5 Å². The predicted molar refractivity (Wildman–Crippen MR) is 114 cm³/mol. The normalized spacial score (nSPS) is 11.4. The molecule has 0 spiro atoms. The zero-order valence-corrected chi connectivity index (χ0v) is 17.7. The van der Waals surface area contributed by atoms with Crippen LogP contribution in [-0.4, -0.2) is 33.5 Å². The summed E-state index contributed by atoms with van der Waals surface area (Å²) < 4.78 is 12.9. The lowest BCUT2D eigenvalue weighted by atomic mass is 10.3. The van der Waals surface area contributed by atoms with Gasteiger partial charge < -0.3 is 5.32 Å². The highest BCUT2D eigenvalue weighted by Gasteiger charge is 2.16. The Morgan fingerprint density at radius 2 is 1.93 bits per heavy atom. The van der Waals surface area contributed by atoms with Crippen molar-refractivity contribution in [3.05, 3.63) is 51.2 Å². The van der Waals surface area contributed by atoms with Gasteiger partial charge in [0.25, 0.3) is 5.91 Å². The minimum Gasteiger partial charge on any atom is -0.320 e. The van der Waals surface area contributed by atoms with E-state index in [4.69, 9.17) is 11.6 Å².